The number of carbonyl (C=O) groups excluding carboxylic acids is 4. The Morgan fingerprint density at radius 1 is 0.945 bits per heavy atom. The van der Waals surface area contributed by atoms with Gasteiger partial charge in [-0.1, -0.05) is 91.6 Å². The molecule has 1 aromatic heterocycles. The molecule has 1 fully saturated rings. The van der Waals surface area contributed by atoms with E-state index in [1.165, 1.54) is 11.3 Å². The van der Waals surface area contributed by atoms with E-state index >= 15 is 0 Å². The molecule has 10 atom stereocenters. The lowest BCUT2D eigenvalue weighted by molar-refractivity contribution is -0.148. The van der Waals surface area contributed by atoms with Crippen LogP contribution in [-0.4, -0.2) is 110 Å². The SMILES string of the molecule is CCC(C)C(NC(=O)C(NC)C(C)C)C(=O)N(C)C(C(C)CC)C(CC(=O)N1CCCC1C(OC)C(C)C(=O)NC(Cc1ccccc1)c1nccs1)OC. The summed E-state index contributed by atoms with van der Waals surface area (Å²) in [7, 11) is 6.69. The highest BCUT2D eigenvalue weighted by molar-refractivity contribution is 7.09. The van der Waals surface area contributed by atoms with Crippen molar-refractivity contribution in [2.45, 2.75) is 129 Å². The first-order valence-electron chi connectivity index (χ1n) is 20.1. The van der Waals surface area contributed by atoms with Gasteiger partial charge in [-0.3, -0.25) is 19.2 Å². The summed E-state index contributed by atoms with van der Waals surface area (Å²) in [4.78, 5) is 63.9. The summed E-state index contributed by atoms with van der Waals surface area (Å²) in [6.45, 7) is 14.4. The maximum absolute atomic E-state index is 14.3. The topological polar surface area (TPSA) is 142 Å². The third kappa shape index (κ3) is 12.1. The number of amides is 4. The fraction of sp³-hybridized carbons (Fsp3) is 0.690. The number of thiazole rings is 1. The first-order valence-corrected chi connectivity index (χ1v) is 20.9. The number of benzene rings is 1. The Morgan fingerprint density at radius 3 is 2.16 bits per heavy atom. The van der Waals surface area contributed by atoms with E-state index in [1.54, 1.807) is 39.4 Å². The van der Waals surface area contributed by atoms with Crippen LogP contribution >= 0.6 is 11.3 Å². The van der Waals surface area contributed by atoms with Crippen molar-refractivity contribution in [1.82, 2.24) is 30.7 Å². The second-order valence-electron chi connectivity index (χ2n) is 15.6. The predicted octanol–water partition coefficient (Wildman–Crippen LogP) is 5.24. The third-order valence-corrected chi connectivity index (χ3v) is 12.5. The third-order valence-electron chi connectivity index (χ3n) is 11.6. The number of nitrogens with one attached hydrogen (secondary N) is 3. The summed E-state index contributed by atoms with van der Waals surface area (Å²) in [6, 6.07) is 7.79. The maximum atomic E-state index is 14.3. The lowest BCUT2D eigenvalue weighted by Gasteiger charge is -2.41. The average Bonchev–Trinajstić information content (AvgIpc) is 3.90. The van der Waals surface area contributed by atoms with Crippen molar-refractivity contribution in [2.75, 3.05) is 34.9 Å². The molecule has 1 saturated heterocycles. The Morgan fingerprint density at radius 2 is 1.62 bits per heavy atom. The molecule has 0 spiro atoms. The molecule has 308 valence electrons. The van der Waals surface area contributed by atoms with Crippen molar-refractivity contribution in [3.63, 3.8) is 0 Å². The van der Waals surface area contributed by atoms with E-state index in [1.807, 2.05) is 75.2 Å². The van der Waals surface area contributed by atoms with Gasteiger partial charge in [0.05, 0.1) is 48.7 Å². The van der Waals surface area contributed by atoms with Crippen LogP contribution in [0.3, 0.4) is 0 Å². The number of ether oxygens (including phenoxy) is 2. The van der Waals surface area contributed by atoms with E-state index in [-0.39, 0.29) is 59.9 Å². The molecule has 2 heterocycles. The average molecular weight is 785 g/mol. The molecule has 2 aromatic rings. The molecule has 3 rings (SSSR count). The molecule has 1 aromatic carbocycles. The summed E-state index contributed by atoms with van der Waals surface area (Å²) in [5.41, 5.74) is 1.09. The van der Waals surface area contributed by atoms with Gasteiger partial charge < -0.3 is 35.2 Å². The van der Waals surface area contributed by atoms with Crippen molar-refractivity contribution in [3.05, 3.63) is 52.5 Å². The van der Waals surface area contributed by atoms with Crippen LogP contribution < -0.4 is 16.0 Å². The zero-order valence-electron chi connectivity index (χ0n) is 35.0. The van der Waals surface area contributed by atoms with Crippen LogP contribution in [0.15, 0.2) is 41.9 Å². The molecule has 1 aliphatic rings. The van der Waals surface area contributed by atoms with Crippen molar-refractivity contribution < 1.29 is 28.7 Å². The summed E-state index contributed by atoms with van der Waals surface area (Å²) >= 11 is 1.51. The van der Waals surface area contributed by atoms with Crippen molar-refractivity contribution in [2.24, 2.45) is 23.7 Å². The summed E-state index contributed by atoms with van der Waals surface area (Å²) in [6.07, 6.45) is 4.19. The van der Waals surface area contributed by atoms with Crippen LogP contribution in [0.4, 0.5) is 0 Å². The largest absolute Gasteiger partial charge is 0.379 e. The smallest absolute Gasteiger partial charge is 0.245 e. The van der Waals surface area contributed by atoms with Crippen LogP contribution in [0.1, 0.15) is 97.2 Å². The number of hydrogen-bond donors (Lipinski definition) is 3. The van der Waals surface area contributed by atoms with E-state index in [0.717, 1.165) is 23.4 Å². The molecule has 55 heavy (non-hydrogen) atoms. The highest BCUT2D eigenvalue weighted by Crippen LogP contribution is 2.30. The Balaban J connectivity index is 1.80. The van der Waals surface area contributed by atoms with Gasteiger partial charge >= 0.3 is 0 Å². The normalized spacial score (nSPS) is 19.4. The molecule has 10 unspecified atom stereocenters. The maximum Gasteiger partial charge on any atom is 0.245 e. The van der Waals surface area contributed by atoms with E-state index in [2.05, 4.69) is 34.8 Å². The minimum absolute atomic E-state index is 0.00723. The second-order valence-corrected chi connectivity index (χ2v) is 16.5. The summed E-state index contributed by atoms with van der Waals surface area (Å²) in [5, 5.41) is 12.1. The number of nitrogens with zero attached hydrogens (tertiary/aromatic N) is 3. The van der Waals surface area contributed by atoms with Gasteiger partial charge in [-0.15, -0.1) is 11.3 Å². The van der Waals surface area contributed by atoms with E-state index in [0.29, 0.717) is 25.8 Å². The molecular formula is C42H68N6O6S. The van der Waals surface area contributed by atoms with Crippen LogP contribution in [0.25, 0.3) is 0 Å². The number of aromatic nitrogens is 1. The van der Waals surface area contributed by atoms with Gasteiger partial charge in [0.1, 0.15) is 11.0 Å². The zero-order valence-corrected chi connectivity index (χ0v) is 35.9. The Hall–Kier alpha value is -3.39. The Bertz CT molecular complexity index is 1480. The first-order chi connectivity index (χ1) is 26.2. The monoisotopic (exact) mass is 784 g/mol. The van der Waals surface area contributed by atoms with Crippen LogP contribution in [0.2, 0.25) is 0 Å². The number of likely N-dealkylation sites (N-methyl/N-ethyl adjacent to an activating group) is 2. The molecular weight excluding hydrogens is 717 g/mol. The number of hydrogen-bond acceptors (Lipinski definition) is 9. The fourth-order valence-corrected chi connectivity index (χ4v) is 8.67. The highest BCUT2D eigenvalue weighted by Gasteiger charge is 2.43. The zero-order chi connectivity index (χ0) is 40.8. The molecule has 12 nitrogen and oxygen atoms in total. The predicted molar refractivity (Wildman–Crippen MR) is 218 cm³/mol. The minimum atomic E-state index is -0.738. The van der Waals surface area contributed by atoms with Gasteiger partial charge in [0.2, 0.25) is 23.6 Å². The summed E-state index contributed by atoms with van der Waals surface area (Å²) < 4.78 is 12.1. The van der Waals surface area contributed by atoms with Gasteiger partial charge in [0, 0.05) is 39.4 Å². The number of rotatable bonds is 22. The van der Waals surface area contributed by atoms with Crippen LogP contribution in [-0.2, 0) is 35.1 Å². The molecule has 1 aliphatic heterocycles. The van der Waals surface area contributed by atoms with E-state index in [9.17, 15) is 19.2 Å². The molecule has 0 aliphatic carbocycles. The van der Waals surface area contributed by atoms with Crippen LogP contribution in [0.5, 0.6) is 0 Å². The van der Waals surface area contributed by atoms with Crippen molar-refractivity contribution >= 4 is 35.0 Å². The number of methoxy groups -OCH3 is 2. The molecule has 0 radical (unpaired) electrons. The molecule has 0 saturated carbocycles. The fourth-order valence-electron chi connectivity index (χ4n) is 7.98. The summed E-state index contributed by atoms with van der Waals surface area (Å²) in [5.74, 6) is -1.33. The van der Waals surface area contributed by atoms with Gasteiger partial charge in [-0.2, -0.15) is 0 Å². The van der Waals surface area contributed by atoms with Gasteiger partial charge in [-0.25, -0.2) is 4.98 Å². The van der Waals surface area contributed by atoms with Gasteiger partial charge in [0.25, 0.3) is 0 Å². The van der Waals surface area contributed by atoms with Crippen molar-refractivity contribution in [3.8, 4) is 0 Å². The first kappa shape index (κ1) is 46.0. The lowest BCUT2D eigenvalue weighted by Crippen LogP contribution is -2.60. The van der Waals surface area contributed by atoms with E-state index < -0.39 is 36.3 Å². The molecule has 3 N–H and O–H groups in total. The van der Waals surface area contributed by atoms with Crippen molar-refractivity contribution in [1.29, 1.82) is 0 Å². The number of carbonyl (C=O) groups is 4. The molecule has 13 heteroatoms. The van der Waals surface area contributed by atoms with Gasteiger partial charge in [-0.05, 0) is 49.6 Å². The Labute approximate surface area is 333 Å². The van der Waals surface area contributed by atoms with E-state index in [4.69, 9.17) is 9.47 Å². The van der Waals surface area contributed by atoms with Gasteiger partial charge in [0.15, 0.2) is 0 Å². The molecule has 4 amide bonds. The minimum Gasteiger partial charge on any atom is -0.379 e. The number of likely N-dealkylation sites (tertiary alicyclic amines) is 1. The molecule has 0 bridgehead atoms. The lowest BCUT2D eigenvalue weighted by atomic mass is 9.89. The van der Waals surface area contributed by atoms with Crippen LogP contribution in [0, 0.1) is 23.7 Å². The quantitative estimate of drug-likeness (QED) is 0.147. The second kappa shape index (κ2) is 22.4. The Kier molecular flexibility index (Phi) is 18.7. The standard InChI is InChI=1S/C42H68N6O6S/c1-12-27(5)36(46-40(51)35(43-8)26(3)4)42(52)47(9)37(28(6)13-2)33(53-10)25-34(49)48-22-17-20-32(48)38(54-11)29(7)39(50)45-31(41-44-21-23-55-41)24-30-18-15-14-16-19-30/h14-16,18-19,21,23,26-29,31-33,35-38,43H,12-13,17,20,22,24-25H2,1-11H3,(H,45,50)(H,46,51). The highest BCUT2D eigenvalue weighted by atomic mass is 32.1.